The number of hydrogen-bond acceptors (Lipinski definition) is 6. The predicted octanol–water partition coefficient (Wildman–Crippen LogP) is -2.49. The van der Waals surface area contributed by atoms with Crippen molar-refractivity contribution in [1.82, 2.24) is 0 Å². The van der Waals surface area contributed by atoms with Crippen LogP contribution in [0.4, 0.5) is 0 Å². The van der Waals surface area contributed by atoms with Crippen LogP contribution in [0.25, 0.3) is 16.5 Å². The van der Waals surface area contributed by atoms with E-state index in [1.54, 1.807) is 0 Å². The number of benzene rings is 2. The molecule has 0 fully saturated rings. The maximum atomic E-state index is 12.4. The second-order valence-electron chi connectivity index (χ2n) is 4.65. The van der Waals surface area contributed by atoms with Crippen molar-refractivity contribution in [1.29, 1.82) is 0 Å². The number of Topliss-reactive ketones (excluding diaryl/α,β-unsaturated/α-hetero) is 1. The van der Waals surface area contributed by atoms with Crippen molar-refractivity contribution in [3.8, 4) is 11.5 Å². The summed E-state index contributed by atoms with van der Waals surface area (Å²) in [5, 5.41) is 33.3. The number of carbonyl (C=O) groups is 1. The van der Waals surface area contributed by atoms with Gasteiger partial charge in [-0.3, -0.25) is 9.35 Å². The second kappa shape index (κ2) is 5.81. The van der Waals surface area contributed by atoms with E-state index in [-0.39, 0.29) is 40.3 Å². The molecule has 0 heterocycles. The molecule has 2 aromatic rings. The fourth-order valence-corrected chi connectivity index (χ4v) is 3.01. The third-order valence-electron chi connectivity index (χ3n) is 3.37. The average Bonchev–Trinajstić information content (AvgIpc) is 2.45. The van der Waals surface area contributed by atoms with Crippen LogP contribution in [0.3, 0.4) is 0 Å². The first-order valence-corrected chi connectivity index (χ1v) is 7.40. The maximum absolute atomic E-state index is 12.4. The SMILES string of the molecule is O=C1[C](S(=O)(=O)O)C=C(O)c2c1c([O-])c1ccccc1c2[O-].[Na+]. The van der Waals surface area contributed by atoms with Crippen LogP contribution in [0, 0.1) is 5.25 Å². The Morgan fingerprint density at radius 2 is 1.43 bits per heavy atom. The number of ketones is 1. The summed E-state index contributed by atoms with van der Waals surface area (Å²) in [4.78, 5) is 12.2. The van der Waals surface area contributed by atoms with Crippen LogP contribution in [0.2, 0.25) is 0 Å². The number of hydrogen-bond donors (Lipinski definition) is 2. The van der Waals surface area contributed by atoms with Crippen molar-refractivity contribution in [2.24, 2.45) is 0 Å². The molecule has 2 N–H and O–H groups in total. The standard InChI is InChI=1S/C14H9O7S.Na/c15-8-5-9(22(19,20)21)14(18)11-10(8)12(16)6-3-1-2-4-7(6)13(11)17;/h1-5,15-17H,(H,19,20,21);/q;+1/p-2. The zero-order valence-corrected chi connectivity index (χ0v) is 14.5. The molecule has 0 aromatic heterocycles. The van der Waals surface area contributed by atoms with E-state index in [9.17, 15) is 28.5 Å². The Bertz CT molecular complexity index is 963. The van der Waals surface area contributed by atoms with Gasteiger partial charge in [0.1, 0.15) is 5.76 Å². The predicted molar refractivity (Wildman–Crippen MR) is 72.6 cm³/mol. The molecule has 0 atom stereocenters. The Labute approximate surface area is 152 Å². The number of carbonyl (C=O) groups excluding carboxylic acids is 1. The second-order valence-corrected chi connectivity index (χ2v) is 6.04. The van der Waals surface area contributed by atoms with Gasteiger partial charge in [0.05, 0.1) is 0 Å². The van der Waals surface area contributed by atoms with Crippen molar-refractivity contribution in [3.05, 3.63) is 46.7 Å². The summed E-state index contributed by atoms with van der Waals surface area (Å²) >= 11 is 0. The van der Waals surface area contributed by atoms with Crippen molar-refractivity contribution in [2.75, 3.05) is 0 Å². The van der Waals surface area contributed by atoms with Gasteiger partial charge in [0.2, 0.25) is 5.25 Å². The largest absolute Gasteiger partial charge is 1.00 e. The smallest absolute Gasteiger partial charge is 0.872 e. The van der Waals surface area contributed by atoms with Crippen molar-refractivity contribution in [2.45, 2.75) is 0 Å². The van der Waals surface area contributed by atoms with Gasteiger partial charge in [-0.25, -0.2) is 0 Å². The Hall–Kier alpha value is -1.58. The van der Waals surface area contributed by atoms with E-state index in [1.165, 1.54) is 24.3 Å². The van der Waals surface area contributed by atoms with Gasteiger partial charge >= 0.3 is 29.6 Å². The van der Waals surface area contributed by atoms with Crippen LogP contribution < -0.4 is 39.8 Å². The van der Waals surface area contributed by atoms with Crippen LogP contribution in [-0.2, 0) is 10.1 Å². The molecule has 0 saturated carbocycles. The fraction of sp³-hybridized carbons (Fsp3) is 0. The van der Waals surface area contributed by atoms with Gasteiger partial charge in [0, 0.05) is 11.1 Å². The van der Waals surface area contributed by atoms with Crippen molar-refractivity contribution >= 4 is 32.4 Å². The minimum absolute atomic E-state index is 0. The van der Waals surface area contributed by atoms with E-state index in [1.807, 2.05) is 0 Å². The van der Waals surface area contributed by atoms with Gasteiger partial charge in [-0.2, -0.15) is 8.42 Å². The number of aliphatic hydroxyl groups is 1. The number of fused-ring (bicyclic) bond motifs is 2. The molecule has 23 heavy (non-hydrogen) atoms. The molecule has 2 aromatic carbocycles. The van der Waals surface area contributed by atoms with Crippen LogP contribution >= 0.6 is 0 Å². The van der Waals surface area contributed by atoms with Gasteiger partial charge in [0.25, 0.3) is 10.1 Å². The van der Waals surface area contributed by atoms with E-state index in [0.717, 1.165) is 0 Å². The fourth-order valence-electron chi connectivity index (χ4n) is 2.41. The molecule has 0 amide bonds. The van der Waals surface area contributed by atoms with Gasteiger partial charge in [0.15, 0.2) is 5.78 Å². The minimum Gasteiger partial charge on any atom is -0.872 e. The average molecular weight is 342 g/mol. The molecule has 1 radical (unpaired) electrons. The molecular formula is C14H7NaO7S-. The molecule has 1 aliphatic carbocycles. The van der Waals surface area contributed by atoms with E-state index < -0.39 is 49.5 Å². The first kappa shape index (κ1) is 17.8. The summed E-state index contributed by atoms with van der Waals surface area (Å²) < 4.78 is 31.4. The summed E-state index contributed by atoms with van der Waals surface area (Å²) in [7, 11) is -4.94. The number of aliphatic hydroxyl groups excluding tert-OH is 1. The third-order valence-corrected chi connectivity index (χ3v) is 4.23. The molecule has 1 aliphatic rings. The maximum Gasteiger partial charge on any atom is 1.00 e. The molecule has 0 saturated heterocycles. The summed E-state index contributed by atoms with van der Waals surface area (Å²) in [6.07, 6.45) is 0.468. The van der Waals surface area contributed by atoms with Crippen LogP contribution in [-0.4, -0.2) is 23.9 Å². The topological polar surface area (TPSA) is 138 Å². The number of rotatable bonds is 1. The molecule has 0 unspecified atom stereocenters. The van der Waals surface area contributed by atoms with E-state index in [4.69, 9.17) is 4.55 Å². The summed E-state index contributed by atoms with van der Waals surface area (Å²) in [5.41, 5.74) is -1.31. The normalized spacial score (nSPS) is 15.0. The Balaban J connectivity index is 0.00000192. The molecule has 0 bridgehead atoms. The summed E-state index contributed by atoms with van der Waals surface area (Å²) in [5.74, 6) is -3.81. The minimum atomic E-state index is -4.94. The van der Waals surface area contributed by atoms with E-state index in [2.05, 4.69) is 0 Å². The Morgan fingerprint density at radius 3 is 1.91 bits per heavy atom. The van der Waals surface area contributed by atoms with E-state index >= 15 is 0 Å². The first-order valence-electron chi connectivity index (χ1n) is 5.96. The monoisotopic (exact) mass is 342 g/mol. The van der Waals surface area contributed by atoms with Crippen LogP contribution in [0.1, 0.15) is 15.9 Å². The molecule has 9 heteroatoms. The Kier molecular flexibility index (Phi) is 4.49. The molecule has 0 aliphatic heterocycles. The zero-order valence-electron chi connectivity index (χ0n) is 11.7. The van der Waals surface area contributed by atoms with Gasteiger partial charge in [-0.05, 0) is 16.8 Å². The quantitative estimate of drug-likeness (QED) is 0.432. The van der Waals surface area contributed by atoms with Crippen LogP contribution in [0.15, 0.2) is 30.3 Å². The summed E-state index contributed by atoms with van der Waals surface area (Å²) in [6.45, 7) is 0. The first-order chi connectivity index (χ1) is 10.2. The van der Waals surface area contributed by atoms with Gasteiger partial charge in [-0.1, -0.05) is 35.8 Å². The van der Waals surface area contributed by atoms with E-state index in [0.29, 0.717) is 6.08 Å². The molecular weight excluding hydrogens is 335 g/mol. The molecule has 0 spiro atoms. The van der Waals surface area contributed by atoms with Gasteiger partial charge in [-0.15, -0.1) is 0 Å². The molecule has 3 rings (SSSR count). The summed E-state index contributed by atoms with van der Waals surface area (Å²) in [6, 6.07) is 5.66. The molecule has 7 nitrogen and oxygen atoms in total. The van der Waals surface area contributed by atoms with Crippen LogP contribution in [0.5, 0.6) is 11.5 Å². The zero-order chi connectivity index (χ0) is 16.2. The van der Waals surface area contributed by atoms with Crippen molar-refractivity contribution in [3.63, 3.8) is 0 Å². The molecule has 113 valence electrons. The van der Waals surface area contributed by atoms with Crippen molar-refractivity contribution < 1.29 is 62.6 Å². The third kappa shape index (κ3) is 2.62. The Morgan fingerprint density at radius 1 is 0.957 bits per heavy atom. The van der Waals surface area contributed by atoms with Gasteiger partial charge < -0.3 is 15.3 Å².